The van der Waals surface area contributed by atoms with Gasteiger partial charge in [-0.2, -0.15) is 0 Å². The summed E-state index contributed by atoms with van der Waals surface area (Å²) in [6.07, 6.45) is 8.98. The van der Waals surface area contributed by atoms with E-state index in [0.29, 0.717) is 39.7 Å². The zero-order valence-electron chi connectivity index (χ0n) is 16.8. The Morgan fingerprint density at radius 2 is 1.72 bits per heavy atom. The topological polar surface area (TPSA) is 30.5 Å². The molecular weight excluding hydrogens is 412 g/mol. The second-order valence-corrected chi connectivity index (χ2v) is 8.32. The Labute approximate surface area is 182 Å². The quantitative estimate of drug-likeness (QED) is 0.507. The molecule has 1 N–H and O–H groups in total. The number of ether oxygens (including phenoxy) is 2. The molecule has 1 aliphatic carbocycles. The summed E-state index contributed by atoms with van der Waals surface area (Å²) in [5, 5.41) is 4.57. The summed E-state index contributed by atoms with van der Waals surface area (Å²) < 4.78 is 25.2. The van der Waals surface area contributed by atoms with Gasteiger partial charge >= 0.3 is 0 Å². The van der Waals surface area contributed by atoms with Gasteiger partial charge in [0.2, 0.25) is 0 Å². The molecule has 0 aromatic heterocycles. The average molecular weight is 440 g/mol. The van der Waals surface area contributed by atoms with Crippen LogP contribution in [0.3, 0.4) is 0 Å². The predicted octanol–water partition coefficient (Wildman–Crippen LogP) is 6.92. The normalized spacial score (nSPS) is 15.6. The molecule has 3 nitrogen and oxygen atoms in total. The first kappa shape index (κ1) is 22.2. The third kappa shape index (κ3) is 6.24. The van der Waals surface area contributed by atoms with Crippen molar-refractivity contribution in [3.8, 4) is 11.5 Å². The molecule has 0 atom stereocenters. The minimum atomic E-state index is -0.400. The lowest BCUT2D eigenvalue weighted by molar-refractivity contribution is 0.279. The van der Waals surface area contributed by atoms with Crippen molar-refractivity contribution in [3.05, 3.63) is 57.3 Å². The third-order valence-electron chi connectivity index (χ3n) is 5.45. The maximum Gasteiger partial charge on any atom is 0.163 e. The maximum atomic E-state index is 14.0. The molecule has 0 saturated heterocycles. The van der Waals surface area contributed by atoms with Gasteiger partial charge in [0.1, 0.15) is 12.4 Å². The summed E-state index contributed by atoms with van der Waals surface area (Å²) in [7, 11) is 1.58. The molecule has 1 saturated carbocycles. The van der Waals surface area contributed by atoms with Crippen molar-refractivity contribution in [3.63, 3.8) is 0 Å². The maximum absolute atomic E-state index is 14.0. The smallest absolute Gasteiger partial charge is 0.163 e. The van der Waals surface area contributed by atoms with Gasteiger partial charge in [0.15, 0.2) is 11.5 Å². The van der Waals surface area contributed by atoms with E-state index in [4.69, 9.17) is 32.7 Å². The highest BCUT2D eigenvalue weighted by molar-refractivity contribution is 6.31. The second kappa shape index (κ2) is 11.1. The molecule has 0 unspecified atom stereocenters. The molecule has 29 heavy (non-hydrogen) atoms. The van der Waals surface area contributed by atoms with Gasteiger partial charge in [-0.15, -0.1) is 0 Å². The van der Waals surface area contributed by atoms with Gasteiger partial charge in [-0.1, -0.05) is 61.4 Å². The highest BCUT2D eigenvalue weighted by Crippen LogP contribution is 2.35. The van der Waals surface area contributed by atoms with Crippen LogP contribution in [0.5, 0.6) is 11.5 Å². The first-order chi connectivity index (χ1) is 14.1. The van der Waals surface area contributed by atoms with Crippen LogP contribution >= 0.6 is 23.2 Å². The summed E-state index contributed by atoms with van der Waals surface area (Å²) in [6.45, 7) is 0.678. The van der Waals surface area contributed by atoms with Crippen molar-refractivity contribution in [1.82, 2.24) is 5.32 Å². The molecule has 0 bridgehead atoms. The fourth-order valence-electron chi connectivity index (χ4n) is 3.72. The SMILES string of the molecule is COc1cc(CNC2CCCCCCC2)c(Cl)cc1OCc1c(F)cccc1Cl. The lowest BCUT2D eigenvalue weighted by atomic mass is 9.96. The highest BCUT2D eigenvalue weighted by atomic mass is 35.5. The summed E-state index contributed by atoms with van der Waals surface area (Å²) in [5.74, 6) is 0.630. The Balaban J connectivity index is 1.66. The Hall–Kier alpha value is -1.49. The van der Waals surface area contributed by atoms with Crippen LogP contribution < -0.4 is 14.8 Å². The minimum absolute atomic E-state index is 0.00212. The van der Waals surface area contributed by atoms with Gasteiger partial charge in [-0.05, 0) is 36.6 Å². The Bertz CT molecular complexity index is 787. The van der Waals surface area contributed by atoms with Gasteiger partial charge in [-0.25, -0.2) is 4.39 Å². The lowest BCUT2D eigenvalue weighted by Gasteiger charge is -2.22. The van der Waals surface area contributed by atoms with Gasteiger partial charge < -0.3 is 14.8 Å². The Kier molecular flexibility index (Phi) is 8.46. The molecule has 0 radical (unpaired) electrons. The van der Waals surface area contributed by atoms with Crippen molar-refractivity contribution in [1.29, 1.82) is 0 Å². The van der Waals surface area contributed by atoms with E-state index in [1.807, 2.05) is 6.07 Å². The summed E-state index contributed by atoms with van der Waals surface area (Å²) >= 11 is 12.6. The van der Waals surface area contributed by atoms with Gasteiger partial charge in [-0.3, -0.25) is 0 Å². The lowest BCUT2D eigenvalue weighted by Crippen LogP contribution is -2.29. The van der Waals surface area contributed by atoms with E-state index in [2.05, 4.69) is 5.32 Å². The molecule has 3 rings (SSSR count). The van der Waals surface area contributed by atoms with Crippen LogP contribution in [0.1, 0.15) is 56.1 Å². The van der Waals surface area contributed by atoms with E-state index in [-0.39, 0.29) is 6.61 Å². The first-order valence-corrected chi connectivity index (χ1v) is 11.0. The summed E-state index contributed by atoms with van der Waals surface area (Å²) in [5.41, 5.74) is 1.27. The number of hydrogen-bond acceptors (Lipinski definition) is 3. The van der Waals surface area contributed by atoms with Crippen molar-refractivity contribution < 1.29 is 13.9 Å². The number of rotatable bonds is 7. The number of nitrogens with one attached hydrogen (secondary N) is 1. The molecule has 1 fully saturated rings. The van der Waals surface area contributed by atoms with Crippen molar-refractivity contribution in [2.75, 3.05) is 7.11 Å². The Morgan fingerprint density at radius 1 is 1.00 bits per heavy atom. The second-order valence-electron chi connectivity index (χ2n) is 7.51. The zero-order chi connectivity index (χ0) is 20.6. The molecular formula is C23H28Cl2FNO2. The average Bonchev–Trinajstić information content (AvgIpc) is 2.68. The molecule has 2 aromatic rings. The van der Waals surface area contributed by atoms with Gasteiger partial charge in [0.25, 0.3) is 0 Å². The molecule has 158 valence electrons. The van der Waals surface area contributed by atoms with Crippen LogP contribution in [0.2, 0.25) is 10.0 Å². The van der Waals surface area contributed by atoms with Crippen molar-refractivity contribution in [2.24, 2.45) is 0 Å². The van der Waals surface area contributed by atoms with Crippen LogP contribution in [0.25, 0.3) is 0 Å². The van der Waals surface area contributed by atoms with Gasteiger partial charge in [0, 0.05) is 29.2 Å². The molecule has 0 spiro atoms. The van der Waals surface area contributed by atoms with E-state index in [0.717, 1.165) is 5.56 Å². The molecule has 0 amide bonds. The number of methoxy groups -OCH3 is 1. The molecule has 0 heterocycles. The van der Waals surface area contributed by atoms with E-state index in [9.17, 15) is 4.39 Å². The van der Waals surface area contributed by atoms with Crippen LogP contribution in [0.4, 0.5) is 4.39 Å². The predicted molar refractivity (Wildman–Crippen MR) is 117 cm³/mol. The van der Waals surface area contributed by atoms with Crippen LogP contribution in [0, 0.1) is 5.82 Å². The van der Waals surface area contributed by atoms with E-state index >= 15 is 0 Å². The fraction of sp³-hybridized carbons (Fsp3) is 0.478. The minimum Gasteiger partial charge on any atom is -0.493 e. The Morgan fingerprint density at radius 3 is 2.41 bits per heavy atom. The number of halogens is 3. The number of benzene rings is 2. The van der Waals surface area contributed by atoms with Crippen LogP contribution in [0.15, 0.2) is 30.3 Å². The largest absolute Gasteiger partial charge is 0.493 e. The van der Waals surface area contributed by atoms with E-state index < -0.39 is 5.82 Å². The highest BCUT2D eigenvalue weighted by Gasteiger charge is 2.15. The van der Waals surface area contributed by atoms with Crippen LogP contribution in [-0.2, 0) is 13.2 Å². The summed E-state index contributed by atoms with van der Waals surface area (Å²) in [6, 6.07) is 8.70. The van der Waals surface area contributed by atoms with Crippen molar-refractivity contribution in [2.45, 2.75) is 64.1 Å². The molecule has 2 aromatic carbocycles. The standard InChI is InChI=1S/C23H28Cl2FNO2/c1-28-22-12-16(14-27-17-8-5-3-2-4-6-9-17)20(25)13-23(22)29-15-18-19(24)10-7-11-21(18)26/h7,10-13,17,27H,2-6,8-9,14-15H2,1H3. The third-order valence-corrected chi connectivity index (χ3v) is 6.16. The van der Waals surface area contributed by atoms with Gasteiger partial charge in [0.05, 0.1) is 12.1 Å². The van der Waals surface area contributed by atoms with Crippen molar-refractivity contribution >= 4 is 23.2 Å². The molecule has 0 aliphatic heterocycles. The number of hydrogen-bond donors (Lipinski definition) is 1. The van der Waals surface area contributed by atoms with E-state index in [1.165, 1.54) is 51.0 Å². The molecule has 6 heteroatoms. The molecule has 1 aliphatic rings. The summed E-state index contributed by atoms with van der Waals surface area (Å²) in [4.78, 5) is 0. The van der Waals surface area contributed by atoms with Crippen LogP contribution in [-0.4, -0.2) is 13.2 Å². The van der Waals surface area contributed by atoms with E-state index in [1.54, 1.807) is 25.3 Å². The monoisotopic (exact) mass is 439 g/mol. The zero-order valence-corrected chi connectivity index (χ0v) is 18.3. The fourth-order valence-corrected chi connectivity index (χ4v) is 4.16. The first-order valence-electron chi connectivity index (χ1n) is 10.2.